The van der Waals surface area contributed by atoms with Crippen LogP contribution >= 0.6 is 0 Å². The molecule has 0 spiro atoms. The Balaban J connectivity index is -0.000000372. The summed E-state index contributed by atoms with van der Waals surface area (Å²) in [5.41, 5.74) is 0. The summed E-state index contributed by atoms with van der Waals surface area (Å²) < 4.78 is 0. The van der Waals surface area contributed by atoms with E-state index in [0.29, 0.717) is 0 Å². The number of nitrogens with one attached hydrogen (secondary N) is 2. The van der Waals surface area contributed by atoms with Crippen LogP contribution in [0.1, 0.15) is 55.4 Å². The first-order valence-corrected chi connectivity index (χ1v) is 7.98. The molecule has 0 aromatic carbocycles. The van der Waals surface area contributed by atoms with Gasteiger partial charge >= 0.3 is 16.5 Å². The summed E-state index contributed by atoms with van der Waals surface area (Å²) in [5, 5.41) is 26.3. The molecule has 0 aromatic heterocycles. The molecular formula is C16H30N4NiO4. The van der Waals surface area contributed by atoms with Gasteiger partial charge in [-0.25, -0.2) is 0 Å². The molecule has 25 heavy (non-hydrogen) atoms. The van der Waals surface area contributed by atoms with Crippen LogP contribution in [0.5, 0.6) is 0 Å². The van der Waals surface area contributed by atoms with Crippen LogP contribution in [0.15, 0.2) is 9.98 Å². The molecule has 0 aromatic rings. The number of carboxylic acid groups (broad SMARTS) is 2. The number of rotatable bonds is 4. The molecule has 0 radical (unpaired) electrons. The molecule has 0 heterocycles. The van der Waals surface area contributed by atoms with E-state index >= 15 is 0 Å². The molecule has 0 saturated carbocycles. The largest absolute Gasteiger partial charge is 2.00 e. The number of aliphatic imine (C=N–C) groups is 2. The molecule has 0 fully saturated rings. The molecular weight excluding hydrogens is 371 g/mol. The van der Waals surface area contributed by atoms with Crippen molar-refractivity contribution in [3.05, 3.63) is 0 Å². The Labute approximate surface area is 160 Å². The Bertz CT molecular complexity index is 419. The second-order valence-electron chi connectivity index (χ2n) is 6.32. The van der Waals surface area contributed by atoms with Gasteiger partial charge in [0.2, 0.25) is 0 Å². The van der Waals surface area contributed by atoms with Crippen LogP contribution in [0.3, 0.4) is 0 Å². The van der Waals surface area contributed by atoms with Gasteiger partial charge in [-0.15, -0.1) is 0 Å². The summed E-state index contributed by atoms with van der Waals surface area (Å²) in [5.74, 6) is -2.64. The molecule has 0 aliphatic heterocycles. The molecule has 148 valence electrons. The molecule has 0 aliphatic rings. The van der Waals surface area contributed by atoms with Gasteiger partial charge in [-0.05, 0) is 55.4 Å². The van der Waals surface area contributed by atoms with E-state index in [-0.39, 0.29) is 52.3 Å². The minimum absolute atomic E-state index is 0. The summed E-state index contributed by atoms with van der Waals surface area (Å²) in [6.45, 7) is 14.6. The maximum Gasteiger partial charge on any atom is 2.00 e. The Morgan fingerprint density at radius 2 is 0.920 bits per heavy atom. The first-order valence-electron chi connectivity index (χ1n) is 7.98. The van der Waals surface area contributed by atoms with Crippen molar-refractivity contribution in [1.29, 1.82) is 0 Å². The standard InChI is InChI=1S/2C8H16N2O2.Ni/c2*1-5(2)9-7(8(11)12)10-6(3)4;/h2*5-6H,1-4H3,(H,9,10)(H,11,12);/q;;+2/p-2. The van der Waals surface area contributed by atoms with Gasteiger partial charge in [-0.3, -0.25) is 9.98 Å². The monoisotopic (exact) mass is 400 g/mol. The van der Waals surface area contributed by atoms with Crippen LogP contribution in [-0.2, 0) is 26.1 Å². The fraction of sp³-hybridized carbons (Fsp3) is 0.750. The molecule has 0 bridgehead atoms. The van der Waals surface area contributed by atoms with Gasteiger partial charge in [0, 0.05) is 24.2 Å². The first kappa shape index (κ1) is 28.2. The fourth-order valence-electron chi connectivity index (χ4n) is 1.36. The zero-order valence-electron chi connectivity index (χ0n) is 16.2. The van der Waals surface area contributed by atoms with Crippen molar-refractivity contribution in [2.75, 3.05) is 0 Å². The Morgan fingerprint density at radius 1 is 0.680 bits per heavy atom. The van der Waals surface area contributed by atoms with E-state index in [4.69, 9.17) is 0 Å². The third-order valence-corrected chi connectivity index (χ3v) is 2.01. The van der Waals surface area contributed by atoms with Crippen LogP contribution in [-0.4, -0.2) is 47.8 Å². The molecule has 8 nitrogen and oxygen atoms in total. The molecule has 9 heteroatoms. The summed E-state index contributed by atoms with van der Waals surface area (Å²) in [6.07, 6.45) is 0. The Morgan fingerprint density at radius 3 is 1.04 bits per heavy atom. The average molecular weight is 401 g/mol. The summed E-state index contributed by atoms with van der Waals surface area (Å²) >= 11 is 0. The zero-order chi connectivity index (χ0) is 19.4. The fourth-order valence-corrected chi connectivity index (χ4v) is 1.36. The van der Waals surface area contributed by atoms with Gasteiger partial charge in [-0.1, -0.05) is 0 Å². The number of carbonyl (C=O) groups is 2. The van der Waals surface area contributed by atoms with Crippen molar-refractivity contribution in [2.45, 2.75) is 79.6 Å². The molecule has 2 N–H and O–H groups in total. The van der Waals surface area contributed by atoms with Crippen molar-refractivity contribution in [2.24, 2.45) is 9.98 Å². The number of carboxylic acids is 2. The van der Waals surface area contributed by atoms with Crippen LogP contribution in [0.2, 0.25) is 0 Å². The topological polar surface area (TPSA) is 129 Å². The van der Waals surface area contributed by atoms with Crippen molar-refractivity contribution in [3.8, 4) is 0 Å². The van der Waals surface area contributed by atoms with Gasteiger partial charge in [0.25, 0.3) is 0 Å². The van der Waals surface area contributed by atoms with Gasteiger partial charge in [0.05, 0.1) is 0 Å². The zero-order valence-corrected chi connectivity index (χ0v) is 17.1. The van der Waals surface area contributed by atoms with Crippen molar-refractivity contribution < 1.29 is 36.3 Å². The third kappa shape index (κ3) is 18.6. The van der Waals surface area contributed by atoms with Crippen molar-refractivity contribution in [1.82, 2.24) is 10.6 Å². The molecule has 0 atom stereocenters. The van der Waals surface area contributed by atoms with Gasteiger partial charge < -0.3 is 30.4 Å². The van der Waals surface area contributed by atoms with E-state index in [2.05, 4.69) is 20.6 Å². The van der Waals surface area contributed by atoms with E-state index in [1.165, 1.54) is 0 Å². The molecule has 0 amide bonds. The summed E-state index contributed by atoms with van der Waals surface area (Å²) in [6, 6.07) is 0.0362. The summed E-state index contributed by atoms with van der Waals surface area (Å²) in [4.78, 5) is 28.7. The Kier molecular flexibility index (Phi) is 16.6. The van der Waals surface area contributed by atoms with Crippen LogP contribution in [0.25, 0.3) is 0 Å². The van der Waals surface area contributed by atoms with Crippen LogP contribution in [0.4, 0.5) is 0 Å². The minimum Gasteiger partial charge on any atom is -0.542 e. The maximum absolute atomic E-state index is 10.5. The molecule has 0 saturated heterocycles. The van der Waals surface area contributed by atoms with E-state index < -0.39 is 11.9 Å². The normalized spacial score (nSPS) is 11.8. The quantitative estimate of drug-likeness (QED) is 0.356. The van der Waals surface area contributed by atoms with Gasteiger partial charge in [0.1, 0.15) is 23.6 Å². The predicted molar refractivity (Wildman–Crippen MR) is 91.7 cm³/mol. The second kappa shape index (κ2) is 14.7. The number of hydrogen-bond acceptors (Lipinski definition) is 6. The van der Waals surface area contributed by atoms with E-state index in [9.17, 15) is 19.8 Å². The molecule has 0 aliphatic carbocycles. The Hall–Kier alpha value is -1.63. The maximum atomic E-state index is 10.5. The third-order valence-electron chi connectivity index (χ3n) is 2.01. The average Bonchev–Trinajstić information content (AvgIpc) is 2.35. The van der Waals surface area contributed by atoms with E-state index in [1.807, 2.05) is 55.4 Å². The van der Waals surface area contributed by atoms with Gasteiger partial charge in [0.15, 0.2) is 0 Å². The number of carbonyl (C=O) groups excluding carboxylic acids is 2. The van der Waals surface area contributed by atoms with Crippen molar-refractivity contribution >= 4 is 23.6 Å². The number of aliphatic carboxylic acids is 2. The minimum atomic E-state index is -1.25. The van der Waals surface area contributed by atoms with Crippen LogP contribution < -0.4 is 20.8 Å². The van der Waals surface area contributed by atoms with E-state index in [0.717, 1.165) is 0 Å². The van der Waals surface area contributed by atoms with E-state index in [1.54, 1.807) is 0 Å². The molecule has 0 rings (SSSR count). The second-order valence-corrected chi connectivity index (χ2v) is 6.32. The SMILES string of the molecule is CC(C)N=C(NC(C)C)C(=O)[O-].CC(C)N=C(NC(C)C)C(=O)[O-].[Ni+2]. The van der Waals surface area contributed by atoms with Crippen LogP contribution in [0, 0.1) is 0 Å². The molecule has 0 unspecified atom stereocenters. The number of hydrogen-bond donors (Lipinski definition) is 2. The van der Waals surface area contributed by atoms with Gasteiger partial charge in [-0.2, -0.15) is 0 Å². The predicted octanol–water partition coefficient (Wildman–Crippen LogP) is -0.920. The van der Waals surface area contributed by atoms with Crippen molar-refractivity contribution in [3.63, 3.8) is 0 Å². The summed E-state index contributed by atoms with van der Waals surface area (Å²) in [7, 11) is 0. The number of amidine groups is 2. The smallest absolute Gasteiger partial charge is 0.542 e. The first-order chi connectivity index (χ1) is 10.9. The number of nitrogens with zero attached hydrogens (tertiary/aromatic N) is 2.